The van der Waals surface area contributed by atoms with Crippen LogP contribution in [0.1, 0.15) is 51.2 Å². The highest BCUT2D eigenvalue weighted by molar-refractivity contribution is 7.16. The normalized spacial score (nSPS) is 10.9. The van der Waals surface area contributed by atoms with Crippen molar-refractivity contribution in [3.63, 3.8) is 0 Å². The molecule has 0 bridgehead atoms. The third kappa shape index (κ3) is 5.49. The summed E-state index contributed by atoms with van der Waals surface area (Å²) >= 11 is 7.22. The lowest BCUT2D eigenvalue weighted by atomic mass is 10.1. The van der Waals surface area contributed by atoms with Crippen molar-refractivity contribution in [1.82, 2.24) is 14.6 Å². The number of carbonyl (C=O) groups excluding carboxylic acids is 2. The predicted octanol–water partition coefficient (Wildman–Crippen LogP) is 4.76. The van der Waals surface area contributed by atoms with Crippen molar-refractivity contribution in [2.45, 2.75) is 32.8 Å². The second-order valence-corrected chi connectivity index (χ2v) is 8.94. The number of fused-ring (bicyclic) bond motifs is 1. The fourth-order valence-corrected chi connectivity index (χ4v) is 4.27. The first kappa shape index (κ1) is 23.6. The molecule has 0 aliphatic heterocycles. The molecule has 0 fully saturated rings. The molecule has 0 saturated heterocycles. The number of rotatable bonds is 8. The number of nitrogens with one attached hydrogen (secondary N) is 1. The maximum Gasteiger partial charge on any atom is 0.340 e. The average molecular weight is 497 g/mol. The molecule has 0 aliphatic carbocycles. The van der Waals surface area contributed by atoms with E-state index in [-0.39, 0.29) is 23.6 Å². The topological polar surface area (TPSA) is 103 Å². The number of ether oxygens (including phenoxy) is 1. The molecule has 0 atom stereocenters. The van der Waals surface area contributed by atoms with Crippen LogP contribution in [-0.4, -0.2) is 26.5 Å². The van der Waals surface area contributed by atoms with Gasteiger partial charge in [-0.3, -0.25) is 9.59 Å². The second kappa shape index (κ2) is 10.6. The van der Waals surface area contributed by atoms with E-state index in [2.05, 4.69) is 22.3 Å². The number of amides is 1. The SMILES string of the molecule is CCCCc1nn2c(=O)cc(COC(=O)c3ccccc3NC(=O)c3ccc(Cl)cc3)nc2s1. The van der Waals surface area contributed by atoms with Gasteiger partial charge >= 0.3 is 5.97 Å². The third-order valence-corrected chi connectivity index (χ3v) is 6.16. The molecule has 174 valence electrons. The molecular formula is C24H21ClN4O4S. The quantitative estimate of drug-likeness (QED) is 0.353. The van der Waals surface area contributed by atoms with E-state index in [1.165, 1.54) is 21.9 Å². The van der Waals surface area contributed by atoms with E-state index in [9.17, 15) is 14.4 Å². The van der Waals surface area contributed by atoms with Crippen molar-refractivity contribution < 1.29 is 14.3 Å². The summed E-state index contributed by atoms with van der Waals surface area (Å²) in [5.41, 5.74) is 0.881. The molecule has 0 aliphatic rings. The molecule has 10 heteroatoms. The first-order chi connectivity index (χ1) is 16.4. The summed E-state index contributed by atoms with van der Waals surface area (Å²) in [5.74, 6) is -1.04. The number of esters is 1. The predicted molar refractivity (Wildman–Crippen MR) is 131 cm³/mol. The summed E-state index contributed by atoms with van der Waals surface area (Å²) in [4.78, 5) is 42.6. The lowest BCUT2D eigenvalue weighted by Crippen LogP contribution is -2.18. The fraction of sp³-hybridized carbons (Fsp3) is 0.208. The van der Waals surface area contributed by atoms with Crippen LogP contribution in [0.25, 0.3) is 4.96 Å². The summed E-state index contributed by atoms with van der Waals surface area (Å²) in [6.07, 6.45) is 2.79. The van der Waals surface area contributed by atoms with Crippen LogP contribution >= 0.6 is 22.9 Å². The third-order valence-electron chi connectivity index (χ3n) is 4.94. The highest BCUT2D eigenvalue weighted by atomic mass is 35.5. The van der Waals surface area contributed by atoms with Gasteiger partial charge in [-0.1, -0.05) is 48.4 Å². The van der Waals surface area contributed by atoms with Crippen LogP contribution in [0.5, 0.6) is 0 Å². The van der Waals surface area contributed by atoms with Crippen LogP contribution < -0.4 is 10.9 Å². The van der Waals surface area contributed by atoms with Gasteiger partial charge in [0.05, 0.1) is 16.9 Å². The van der Waals surface area contributed by atoms with Crippen molar-refractivity contribution in [3.8, 4) is 0 Å². The largest absolute Gasteiger partial charge is 0.456 e. The summed E-state index contributed by atoms with van der Waals surface area (Å²) in [6, 6.07) is 14.2. The maximum absolute atomic E-state index is 12.8. The van der Waals surface area contributed by atoms with Gasteiger partial charge in [0.1, 0.15) is 11.6 Å². The Bertz CT molecular complexity index is 1400. The van der Waals surface area contributed by atoms with Crippen molar-refractivity contribution >= 4 is 45.5 Å². The second-order valence-electron chi connectivity index (χ2n) is 7.46. The van der Waals surface area contributed by atoms with Gasteiger partial charge in [0.2, 0.25) is 4.96 Å². The first-order valence-corrected chi connectivity index (χ1v) is 11.9. The van der Waals surface area contributed by atoms with Crippen LogP contribution in [0, 0.1) is 0 Å². The van der Waals surface area contributed by atoms with Crippen LogP contribution in [0.15, 0.2) is 59.4 Å². The Morgan fingerprint density at radius 2 is 1.91 bits per heavy atom. The summed E-state index contributed by atoms with van der Waals surface area (Å²) in [6.45, 7) is 1.90. The minimum atomic E-state index is -0.651. The number of anilines is 1. The zero-order valence-electron chi connectivity index (χ0n) is 18.3. The smallest absolute Gasteiger partial charge is 0.340 e. The van der Waals surface area contributed by atoms with E-state index in [0.717, 1.165) is 24.3 Å². The minimum Gasteiger partial charge on any atom is -0.456 e. The molecule has 1 N–H and O–H groups in total. The van der Waals surface area contributed by atoms with E-state index in [0.29, 0.717) is 26.9 Å². The molecule has 4 rings (SSSR count). The van der Waals surface area contributed by atoms with Gasteiger partial charge in [-0.2, -0.15) is 9.61 Å². The Morgan fingerprint density at radius 1 is 1.15 bits per heavy atom. The van der Waals surface area contributed by atoms with Crippen molar-refractivity contribution in [2.24, 2.45) is 0 Å². The molecule has 2 aromatic carbocycles. The number of para-hydroxylation sites is 1. The van der Waals surface area contributed by atoms with Crippen molar-refractivity contribution in [3.05, 3.63) is 91.8 Å². The van der Waals surface area contributed by atoms with Crippen molar-refractivity contribution in [1.29, 1.82) is 0 Å². The van der Waals surface area contributed by atoms with E-state index in [1.54, 1.807) is 48.5 Å². The van der Waals surface area contributed by atoms with Crippen LogP contribution in [0.4, 0.5) is 5.69 Å². The van der Waals surface area contributed by atoms with Gasteiger partial charge in [0.15, 0.2) is 0 Å². The molecule has 8 nitrogen and oxygen atoms in total. The van der Waals surface area contributed by atoms with Crippen LogP contribution in [0.3, 0.4) is 0 Å². The van der Waals surface area contributed by atoms with Gasteiger partial charge in [-0.05, 0) is 42.8 Å². The Balaban J connectivity index is 1.47. The molecular weight excluding hydrogens is 476 g/mol. The molecule has 0 unspecified atom stereocenters. The van der Waals surface area contributed by atoms with Gasteiger partial charge in [-0.15, -0.1) is 0 Å². The Hall–Kier alpha value is -3.56. The molecule has 34 heavy (non-hydrogen) atoms. The number of unbranched alkanes of at least 4 members (excludes halogenated alkanes) is 1. The lowest BCUT2D eigenvalue weighted by Gasteiger charge is -2.11. The molecule has 2 heterocycles. The number of hydrogen-bond donors (Lipinski definition) is 1. The molecule has 0 spiro atoms. The molecule has 2 aromatic heterocycles. The van der Waals surface area contributed by atoms with Gasteiger partial charge < -0.3 is 10.1 Å². The fourth-order valence-electron chi connectivity index (χ4n) is 3.18. The van der Waals surface area contributed by atoms with E-state index < -0.39 is 5.97 Å². The molecule has 1 amide bonds. The number of aryl methyl sites for hydroxylation is 1. The highest BCUT2D eigenvalue weighted by Gasteiger charge is 2.17. The highest BCUT2D eigenvalue weighted by Crippen LogP contribution is 2.19. The van der Waals surface area contributed by atoms with Gasteiger partial charge in [-0.25, -0.2) is 9.78 Å². The molecule has 4 aromatic rings. The van der Waals surface area contributed by atoms with Crippen LogP contribution in [-0.2, 0) is 17.8 Å². The number of aromatic nitrogens is 3. The van der Waals surface area contributed by atoms with Crippen LogP contribution in [0.2, 0.25) is 5.02 Å². The summed E-state index contributed by atoms with van der Waals surface area (Å²) in [5, 5.41) is 8.38. The number of halogens is 1. The maximum atomic E-state index is 12.8. The monoisotopic (exact) mass is 496 g/mol. The Morgan fingerprint density at radius 3 is 2.68 bits per heavy atom. The van der Waals surface area contributed by atoms with Gasteiger partial charge in [0, 0.05) is 23.1 Å². The standard InChI is InChI=1S/C24H21ClN4O4S/c1-2-3-8-20-28-29-21(30)13-17(26-24(29)34-20)14-33-23(32)18-6-4-5-7-19(18)27-22(31)15-9-11-16(25)12-10-15/h4-7,9-13H,2-3,8,14H2,1H3,(H,27,31). The lowest BCUT2D eigenvalue weighted by molar-refractivity contribution is 0.0469. The number of nitrogens with zero attached hydrogens (tertiary/aromatic N) is 3. The summed E-state index contributed by atoms with van der Waals surface area (Å²) < 4.78 is 6.67. The average Bonchev–Trinajstić information content (AvgIpc) is 3.25. The Labute approximate surface area is 204 Å². The van der Waals surface area contributed by atoms with Crippen molar-refractivity contribution in [2.75, 3.05) is 5.32 Å². The van der Waals surface area contributed by atoms with Gasteiger partial charge in [0.25, 0.3) is 11.5 Å². The zero-order valence-corrected chi connectivity index (χ0v) is 19.9. The summed E-state index contributed by atoms with van der Waals surface area (Å²) in [7, 11) is 0. The van der Waals surface area contributed by atoms with E-state index in [1.807, 2.05) is 0 Å². The number of carbonyl (C=O) groups is 2. The zero-order chi connectivity index (χ0) is 24.1. The first-order valence-electron chi connectivity index (χ1n) is 10.7. The molecule has 0 radical (unpaired) electrons. The Kier molecular flexibility index (Phi) is 7.34. The van der Waals surface area contributed by atoms with E-state index >= 15 is 0 Å². The molecule has 0 saturated carbocycles. The van der Waals surface area contributed by atoms with E-state index in [4.69, 9.17) is 16.3 Å². The minimum absolute atomic E-state index is 0.183. The number of benzene rings is 2. The number of hydrogen-bond acceptors (Lipinski definition) is 7.